The van der Waals surface area contributed by atoms with Crippen molar-refractivity contribution in [1.82, 2.24) is 0 Å². The summed E-state index contributed by atoms with van der Waals surface area (Å²) in [5.41, 5.74) is 9.15. The molecule has 1 aromatic carbocycles. The monoisotopic (exact) mass is 203 g/mol. The third kappa shape index (κ3) is 4.20. The molecule has 0 radical (unpaired) electrons. The molecular formula is C11H13N3O. The van der Waals surface area contributed by atoms with E-state index in [0.29, 0.717) is 6.54 Å². The Bertz CT molecular complexity index is 381. The van der Waals surface area contributed by atoms with Crippen LogP contribution >= 0.6 is 0 Å². The Morgan fingerprint density at radius 3 is 3.13 bits per heavy atom. The van der Waals surface area contributed by atoms with E-state index in [-0.39, 0.29) is 0 Å². The molecule has 0 atom stereocenters. The van der Waals surface area contributed by atoms with Gasteiger partial charge in [0, 0.05) is 11.5 Å². The summed E-state index contributed by atoms with van der Waals surface area (Å²) in [5.74, 6) is 0.840. The molecule has 0 aliphatic carbocycles. The highest BCUT2D eigenvalue weighted by molar-refractivity contribution is 5.51. The maximum Gasteiger partial charge on any atom is 0.119 e. The van der Waals surface area contributed by atoms with Crippen LogP contribution in [0.25, 0.3) is 16.5 Å². The molecule has 0 amide bonds. The molecular weight excluding hydrogens is 190 g/mol. The van der Waals surface area contributed by atoms with Crippen molar-refractivity contribution in [2.75, 3.05) is 13.7 Å². The van der Waals surface area contributed by atoms with E-state index in [1.54, 1.807) is 7.11 Å². The fraction of sp³-hybridized carbons (Fsp3) is 0.273. The van der Waals surface area contributed by atoms with Crippen LogP contribution in [0.4, 0.5) is 0 Å². The minimum Gasteiger partial charge on any atom is -0.497 e. The maximum atomic E-state index is 8.07. The first-order chi connectivity index (χ1) is 7.36. The maximum absolute atomic E-state index is 8.07. The number of benzene rings is 1. The van der Waals surface area contributed by atoms with Crippen LogP contribution in [0.2, 0.25) is 0 Å². The normalized spacial score (nSPS) is 9.93. The van der Waals surface area contributed by atoms with Crippen molar-refractivity contribution in [1.29, 1.82) is 0 Å². The summed E-state index contributed by atoms with van der Waals surface area (Å²) in [6, 6.07) is 7.78. The lowest BCUT2D eigenvalue weighted by Gasteiger charge is -1.99. The molecule has 0 saturated heterocycles. The van der Waals surface area contributed by atoms with Crippen molar-refractivity contribution in [3.63, 3.8) is 0 Å². The Labute approximate surface area is 88.8 Å². The molecule has 0 bridgehead atoms. The zero-order valence-corrected chi connectivity index (χ0v) is 8.63. The number of hydrogen-bond acceptors (Lipinski definition) is 2. The van der Waals surface area contributed by atoms with E-state index in [0.717, 1.165) is 17.7 Å². The molecule has 15 heavy (non-hydrogen) atoms. The second-order valence-corrected chi connectivity index (χ2v) is 2.92. The second kappa shape index (κ2) is 6.51. The summed E-state index contributed by atoms with van der Waals surface area (Å²) in [6.45, 7) is 0.497. The highest BCUT2D eigenvalue weighted by atomic mass is 16.5. The summed E-state index contributed by atoms with van der Waals surface area (Å²) < 4.78 is 5.10. The van der Waals surface area contributed by atoms with Gasteiger partial charge in [0.25, 0.3) is 0 Å². The number of rotatable bonds is 5. The van der Waals surface area contributed by atoms with Gasteiger partial charge in [0.15, 0.2) is 0 Å². The van der Waals surface area contributed by atoms with Gasteiger partial charge < -0.3 is 4.74 Å². The van der Waals surface area contributed by atoms with Crippen molar-refractivity contribution in [3.05, 3.63) is 46.3 Å². The van der Waals surface area contributed by atoms with Crippen LogP contribution in [0.5, 0.6) is 5.75 Å². The van der Waals surface area contributed by atoms with Crippen LogP contribution in [-0.4, -0.2) is 13.7 Å². The van der Waals surface area contributed by atoms with Gasteiger partial charge in [0.2, 0.25) is 0 Å². The summed E-state index contributed by atoms with van der Waals surface area (Å²) in [7, 11) is 1.64. The smallest absolute Gasteiger partial charge is 0.119 e. The highest BCUT2D eigenvalue weighted by Crippen LogP contribution is 2.13. The van der Waals surface area contributed by atoms with E-state index in [2.05, 4.69) is 10.0 Å². The van der Waals surface area contributed by atoms with E-state index in [9.17, 15) is 0 Å². The summed E-state index contributed by atoms with van der Waals surface area (Å²) >= 11 is 0. The van der Waals surface area contributed by atoms with Crippen molar-refractivity contribution >= 4 is 6.08 Å². The molecule has 4 heteroatoms. The summed E-state index contributed by atoms with van der Waals surface area (Å²) in [5, 5.41) is 3.44. The van der Waals surface area contributed by atoms with Gasteiger partial charge in [-0.25, -0.2) is 0 Å². The highest BCUT2D eigenvalue weighted by Gasteiger charge is 1.90. The van der Waals surface area contributed by atoms with Gasteiger partial charge in [-0.2, -0.15) is 0 Å². The molecule has 4 nitrogen and oxygen atoms in total. The Balaban J connectivity index is 2.52. The molecule has 78 valence electrons. The molecule has 1 rings (SSSR count). The number of azide groups is 1. The summed E-state index contributed by atoms with van der Waals surface area (Å²) in [4.78, 5) is 2.68. The van der Waals surface area contributed by atoms with Gasteiger partial charge >= 0.3 is 0 Å². The average molecular weight is 203 g/mol. The van der Waals surface area contributed by atoms with Crippen LogP contribution in [0.15, 0.2) is 35.5 Å². The fourth-order valence-corrected chi connectivity index (χ4v) is 1.14. The van der Waals surface area contributed by atoms with Gasteiger partial charge in [0.05, 0.1) is 7.11 Å². The van der Waals surface area contributed by atoms with Gasteiger partial charge in [-0.1, -0.05) is 29.4 Å². The molecule has 0 spiro atoms. The van der Waals surface area contributed by atoms with Crippen LogP contribution in [0, 0.1) is 0 Å². The molecule has 0 aliphatic heterocycles. The van der Waals surface area contributed by atoms with Crippen molar-refractivity contribution in [2.24, 2.45) is 5.11 Å². The molecule has 0 heterocycles. The number of ether oxygens (including phenoxy) is 1. The van der Waals surface area contributed by atoms with Crippen molar-refractivity contribution in [2.45, 2.75) is 6.42 Å². The zero-order chi connectivity index (χ0) is 10.9. The van der Waals surface area contributed by atoms with Gasteiger partial charge in [-0.05, 0) is 29.6 Å². The second-order valence-electron chi connectivity index (χ2n) is 2.92. The SMILES string of the molecule is COc1cccc(C=CCCN=[N+]=[N-])c1. The third-order valence-electron chi connectivity index (χ3n) is 1.86. The predicted molar refractivity (Wildman–Crippen MR) is 60.7 cm³/mol. The molecule has 1 aromatic rings. The van der Waals surface area contributed by atoms with E-state index in [4.69, 9.17) is 10.3 Å². The Hall–Kier alpha value is -1.93. The zero-order valence-electron chi connectivity index (χ0n) is 8.63. The Kier molecular flexibility index (Phi) is 4.84. The minimum atomic E-state index is 0.497. The first-order valence-electron chi connectivity index (χ1n) is 4.68. The third-order valence-corrected chi connectivity index (χ3v) is 1.86. The molecule has 0 N–H and O–H groups in total. The molecule has 0 saturated carbocycles. The van der Waals surface area contributed by atoms with Crippen molar-refractivity contribution < 1.29 is 4.74 Å². The van der Waals surface area contributed by atoms with Gasteiger partial charge in [-0.3, -0.25) is 0 Å². The Morgan fingerprint density at radius 2 is 2.40 bits per heavy atom. The predicted octanol–water partition coefficient (Wildman–Crippen LogP) is 3.41. The van der Waals surface area contributed by atoms with Crippen LogP contribution in [0.3, 0.4) is 0 Å². The van der Waals surface area contributed by atoms with Crippen LogP contribution < -0.4 is 4.74 Å². The number of hydrogen-bond donors (Lipinski definition) is 0. The lowest BCUT2D eigenvalue weighted by Crippen LogP contribution is -1.82. The van der Waals surface area contributed by atoms with Crippen LogP contribution in [0.1, 0.15) is 12.0 Å². The number of nitrogens with zero attached hydrogens (tertiary/aromatic N) is 3. The van der Waals surface area contributed by atoms with E-state index in [1.807, 2.05) is 36.4 Å². The summed E-state index contributed by atoms with van der Waals surface area (Å²) in [6.07, 6.45) is 4.71. The largest absolute Gasteiger partial charge is 0.497 e. The Morgan fingerprint density at radius 1 is 1.53 bits per heavy atom. The average Bonchev–Trinajstić information content (AvgIpc) is 2.29. The minimum absolute atomic E-state index is 0.497. The standard InChI is InChI=1S/C11H13N3O/c1-15-11-7-4-6-10(9-11)5-2-3-8-13-14-12/h2,4-7,9H,3,8H2,1H3. The molecule has 0 aliphatic rings. The molecule has 0 fully saturated rings. The molecule has 0 aromatic heterocycles. The first-order valence-corrected chi connectivity index (χ1v) is 4.68. The van der Waals surface area contributed by atoms with Crippen molar-refractivity contribution in [3.8, 4) is 5.75 Å². The van der Waals surface area contributed by atoms with E-state index < -0.39 is 0 Å². The first kappa shape index (κ1) is 11.1. The topological polar surface area (TPSA) is 58.0 Å². The fourth-order valence-electron chi connectivity index (χ4n) is 1.14. The molecule has 0 unspecified atom stereocenters. The van der Waals surface area contributed by atoms with E-state index >= 15 is 0 Å². The quantitative estimate of drug-likeness (QED) is 0.313. The van der Waals surface area contributed by atoms with Gasteiger partial charge in [0.1, 0.15) is 5.75 Å². The number of methoxy groups -OCH3 is 1. The van der Waals surface area contributed by atoms with Gasteiger partial charge in [-0.15, -0.1) is 0 Å². The van der Waals surface area contributed by atoms with Crippen LogP contribution in [-0.2, 0) is 0 Å². The lowest BCUT2D eigenvalue weighted by molar-refractivity contribution is 0.414. The lowest BCUT2D eigenvalue weighted by atomic mass is 10.2. The van der Waals surface area contributed by atoms with E-state index in [1.165, 1.54) is 0 Å².